The molecule has 1 aromatic rings. The average molecular weight is 485 g/mol. The number of carbonyl (C=O) groups excluding carboxylic acids is 3. The molecule has 3 fully saturated rings. The lowest BCUT2D eigenvalue weighted by Gasteiger charge is -2.45. The quantitative estimate of drug-likeness (QED) is 0.386. The van der Waals surface area contributed by atoms with Gasteiger partial charge in [0.1, 0.15) is 6.04 Å². The molecule has 3 aliphatic rings. The van der Waals surface area contributed by atoms with Gasteiger partial charge in [-0.15, -0.1) is 0 Å². The molecule has 3 saturated heterocycles. The maximum absolute atomic E-state index is 13.3. The molecule has 0 aromatic heterocycles. The Bertz CT molecular complexity index is 862. The molecule has 0 aliphatic carbocycles. The van der Waals surface area contributed by atoms with Gasteiger partial charge in [0.2, 0.25) is 5.91 Å². The van der Waals surface area contributed by atoms with E-state index in [4.69, 9.17) is 4.74 Å². The van der Waals surface area contributed by atoms with Crippen LogP contribution in [0.5, 0.6) is 0 Å². The van der Waals surface area contributed by atoms with Crippen LogP contribution in [0.4, 0.5) is 4.79 Å². The number of urea groups is 1. The second-order valence-corrected chi connectivity index (χ2v) is 10.1. The lowest BCUT2D eigenvalue weighted by Crippen LogP contribution is -2.51. The Labute approximate surface area is 209 Å². The Kier molecular flexibility index (Phi) is 9.15. The van der Waals surface area contributed by atoms with Crippen molar-refractivity contribution in [3.8, 4) is 0 Å². The SMILES string of the molecule is COCCCN(C[C@@H]1CCCN2CCCC[C@H]12)C(=O)CC[C@H]1NC(=O)N(Cc2ccccc2)C1=O. The zero-order valence-corrected chi connectivity index (χ0v) is 21.0. The Morgan fingerprint density at radius 3 is 2.71 bits per heavy atom. The number of nitrogens with one attached hydrogen (secondary N) is 1. The topological polar surface area (TPSA) is 82.2 Å². The van der Waals surface area contributed by atoms with Crippen molar-refractivity contribution in [2.24, 2.45) is 5.92 Å². The number of hydrogen-bond donors (Lipinski definition) is 1. The zero-order chi connectivity index (χ0) is 24.6. The second kappa shape index (κ2) is 12.5. The molecule has 0 unspecified atom stereocenters. The van der Waals surface area contributed by atoms with E-state index in [2.05, 4.69) is 10.2 Å². The van der Waals surface area contributed by atoms with Crippen LogP contribution in [-0.2, 0) is 20.9 Å². The second-order valence-electron chi connectivity index (χ2n) is 10.1. The summed E-state index contributed by atoms with van der Waals surface area (Å²) in [5.74, 6) is 0.324. The van der Waals surface area contributed by atoms with Crippen LogP contribution >= 0.6 is 0 Å². The number of nitrogens with zero attached hydrogens (tertiary/aromatic N) is 3. The first-order valence-electron chi connectivity index (χ1n) is 13.2. The van der Waals surface area contributed by atoms with E-state index >= 15 is 0 Å². The van der Waals surface area contributed by atoms with Crippen molar-refractivity contribution in [2.75, 3.05) is 39.9 Å². The summed E-state index contributed by atoms with van der Waals surface area (Å²) in [6, 6.07) is 9.04. The number of carbonyl (C=O) groups is 3. The molecule has 4 amide bonds. The van der Waals surface area contributed by atoms with Crippen molar-refractivity contribution >= 4 is 17.8 Å². The molecule has 192 valence electrons. The Morgan fingerprint density at radius 2 is 1.91 bits per heavy atom. The molecule has 0 spiro atoms. The number of methoxy groups -OCH3 is 1. The third-order valence-electron chi connectivity index (χ3n) is 7.75. The molecule has 0 bridgehead atoms. The third-order valence-corrected chi connectivity index (χ3v) is 7.75. The van der Waals surface area contributed by atoms with Gasteiger partial charge in [0.25, 0.3) is 5.91 Å². The van der Waals surface area contributed by atoms with Crippen molar-refractivity contribution in [1.29, 1.82) is 0 Å². The van der Waals surface area contributed by atoms with E-state index in [-0.39, 0.29) is 30.8 Å². The highest BCUT2D eigenvalue weighted by Gasteiger charge is 2.39. The number of ether oxygens (including phenoxy) is 1. The first-order valence-corrected chi connectivity index (χ1v) is 13.2. The predicted molar refractivity (Wildman–Crippen MR) is 134 cm³/mol. The molecule has 8 nitrogen and oxygen atoms in total. The van der Waals surface area contributed by atoms with Crippen LogP contribution in [0, 0.1) is 5.92 Å². The predicted octanol–water partition coefficient (Wildman–Crippen LogP) is 3.02. The number of amides is 4. The summed E-state index contributed by atoms with van der Waals surface area (Å²) in [5, 5.41) is 2.78. The zero-order valence-electron chi connectivity index (χ0n) is 21.0. The molecule has 1 aromatic carbocycles. The number of piperidine rings is 2. The van der Waals surface area contributed by atoms with Gasteiger partial charge in [-0.3, -0.25) is 14.5 Å². The fourth-order valence-corrected chi connectivity index (χ4v) is 5.90. The normalized spacial score (nSPS) is 24.8. The van der Waals surface area contributed by atoms with Gasteiger partial charge in [-0.2, -0.15) is 0 Å². The van der Waals surface area contributed by atoms with Gasteiger partial charge < -0.3 is 19.9 Å². The number of hydrogen-bond acceptors (Lipinski definition) is 5. The Morgan fingerprint density at radius 1 is 1.11 bits per heavy atom. The van der Waals surface area contributed by atoms with Crippen molar-refractivity contribution in [1.82, 2.24) is 20.0 Å². The van der Waals surface area contributed by atoms with Crippen LogP contribution in [-0.4, -0.2) is 84.5 Å². The first kappa shape index (κ1) is 25.6. The average Bonchev–Trinajstić information content (AvgIpc) is 3.15. The van der Waals surface area contributed by atoms with Crippen LogP contribution in [0.3, 0.4) is 0 Å². The van der Waals surface area contributed by atoms with Crippen LogP contribution < -0.4 is 5.32 Å². The summed E-state index contributed by atoms with van der Waals surface area (Å²) in [7, 11) is 1.68. The van der Waals surface area contributed by atoms with Gasteiger partial charge in [0, 0.05) is 39.3 Å². The molecule has 35 heavy (non-hydrogen) atoms. The monoisotopic (exact) mass is 484 g/mol. The Balaban J connectivity index is 1.33. The van der Waals surface area contributed by atoms with Crippen LogP contribution in [0.2, 0.25) is 0 Å². The van der Waals surface area contributed by atoms with Gasteiger partial charge in [0.15, 0.2) is 0 Å². The molecular formula is C27H40N4O4. The molecule has 1 N–H and O–H groups in total. The van der Waals surface area contributed by atoms with Gasteiger partial charge in [-0.1, -0.05) is 36.8 Å². The molecule has 4 rings (SSSR count). The molecular weight excluding hydrogens is 444 g/mol. The first-order chi connectivity index (χ1) is 17.1. The number of benzene rings is 1. The van der Waals surface area contributed by atoms with Gasteiger partial charge >= 0.3 is 6.03 Å². The van der Waals surface area contributed by atoms with Gasteiger partial charge in [-0.25, -0.2) is 4.79 Å². The van der Waals surface area contributed by atoms with Crippen LogP contribution in [0.15, 0.2) is 30.3 Å². The maximum atomic E-state index is 13.3. The summed E-state index contributed by atoms with van der Waals surface area (Å²) in [6.07, 6.45) is 7.53. The van der Waals surface area contributed by atoms with Gasteiger partial charge in [0.05, 0.1) is 6.54 Å². The van der Waals surface area contributed by atoms with Crippen LogP contribution in [0.25, 0.3) is 0 Å². The summed E-state index contributed by atoms with van der Waals surface area (Å²) < 4.78 is 5.23. The molecule has 0 saturated carbocycles. The number of rotatable bonds is 11. The summed E-state index contributed by atoms with van der Waals surface area (Å²) >= 11 is 0. The van der Waals surface area contributed by atoms with E-state index in [0.717, 1.165) is 18.5 Å². The fourth-order valence-electron chi connectivity index (χ4n) is 5.90. The highest BCUT2D eigenvalue weighted by Crippen LogP contribution is 2.31. The van der Waals surface area contributed by atoms with E-state index in [0.29, 0.717) is 31.5 Å². The van der Waals surface area contributed by atoms with Crippen molar-refractivity contribution in [2.45, 2.75) is 70.0 Å². The highest BCUT2D eigenvalue weighted by atomic mass is 16.5. The third kappa shape index (κ3) is 6.61. The summed E-state index contributed by atoms with van der Waals surface area (Å²) in [5.41, 5.74) is 0.904. The lowest BCUT2D eigenvalue weighted by molar-refractivity contribution is -0.133. The van der Waals surface area contributed by atoms with E-state index < -0.39 is 6.04 Å². The molecule has 3 aliphatic heterocycles. The van der Waals surface area contributed by atoms with Crippen LogP contribution in [0.1, 0.15) is 56.9 Å². The fraction of sp³-hybridized carbons (Fsp3) is 0.667. The largest absolute Gasteiger partial charge is 0.385 e. The van der Waals surface area contributed by atoms with E-state index in [1.807, 2.05) is 35.2 Å². The molecule has 8 heteroatoms. The van der Waals surface area contributed by atoms with Crippen molar-refractivity contribution in [3.05, 3.63) is 35.9 Å². The summed E-state index contributed by atoms with van der Waals surface area (Å²) in [4.78, 5) is 44.5. The lowest BCUT2D eigenvalue weighted by atomic mass is 9.83. The van der Waals surface area contributed by atoms with E-state index in [9.17, 15) is 14.4 Å². The Hall–Kier alpha value is -2.45. The highest BCUT2D eigenvalue weighted by molar-refractivity contribution is 6.04. The van der Waals surface area contributed by atoms with Crippen molar-refractivity contribution < 1.29 is 19.1 Å². The molecule has 3 atom stereocenters. The number of imide groups is 1. The van der Waals surface area contributed by atoms with E-state index in [1.165, 1.54) is 50.1 Å². The van der Waals surface area contributed by atoms with Crippen molar-refractivity contribution in [3.63, 3.8) is 0 Å². The maximum Gasteiger partial charge on any atom is 0.325 e. The van der Waals surface area contributed by atoms with Gasteiger partial charge in [-0.05, 0) is 63.1 Å². The minimum absolute atomic E-state index is 0.0672. The minimum atomic E-state index is -0.639. The standard InChI is InChI=1S/C27H40N4O4/c1-35-18-8-17-30(20-22-11-7-16-29-15-6-5-12-24(22)29)25(32)14-13-23-26(33)31(27(34)28-23)19-21-9-3-2-4-10-21/h2-4,9-10,22-24H,5-8,11-20H2,1H3,(H,28,34)/t22-,23+,24+/m0/s1. The molecule has 3 heterocycles. The number of fused-ring (bicyclic) bond motifs is 1. The summed E-state index contributed by atoms with van der Waals surface area (Å²) in [6.45, 7) is 4.67. The smallest absolute Gasteiger partial charge is 0.325 e. The van der Waals surface area contributed by atoms with E-state index in [1.54, 1.807) is 7.11 Å². The molecule has 0 radical (unpaired) electrons. The minimum Gasteiger partial charge on any atom is -0.385 e.